The van der Waals surface area contributed by atoms with Crippen LogP contribution >= 0.6 is 11.6 Å². The number of hydrogen-bond donors (Lipinski definition) is 2. The fourth-order valence-electron chi connectivity index (χ4n) is 5.74. The molecule has 46 heavy (non-hydrogen) atoms. The highest BCUT2D eigenvalue weighted by molar-refractivity contribution is 6.32. The standard InChI is InChI=1S/C33H43ClN2O.C9H18/c1-7-23(2)22-35-26(5)32(20-27-17-18-33(37-6)31(34)19-27)36-25(4)14-12-11-13-24(3)29-21-30(29)28-15-9-8-10-16-28;1-7(2)6-9(5)8(3)4/h7-10,12,14-19,23-24,29-30,32,35-36H,1,4-5,11,13,20-22H2,2-3,6H3;7,9H,3,6H2,1-2,4-5H3/b14-12+;/t23-,24?,29?,30?,32+;/m0./s1. The Morgan fingerprint density at radius 2 is 1.74 bits per heavy atom. The Morgan fingerprint density at radius 1 is 1.04 bits per heavy atom. The Labute approximate surface area is 287 Å². The predicted molar refractivity (Wildman–Crippen MR) is 203 cm³/mol. The first-order valence-corrected chi connectivity index (χ1v) is 17.4. The third-order valence-corrected chi connectivity index (χ3v) is 9.36. The molecule has 3 nitrogen and oxygen atoms in total. The van der Waals surface area contributed by atoms with E-state index in [1.165, 1.54) is 30.4 Å². The van der Waals surface area contributed by atoms with Crippen LogP contribution in [-0.2, 0) is 6.42 Å². The monoisotopic (exact) mass is 644 g/mol. The quantitative estimate of drug-likeness (QED) is 0.118. The Morgan fingerprint density at radius 3 is 2.30 bits per heavy atom. The van der Waals surface area contributed by atoms with Crippen LogP contribution in [0.4, 0.5) is 0 Å². The highest BCUT2D eigenvalue weighted by atomic mass is 35.5. The molecule has 1 saturated carbocycles. The summed E-state index contributed by atoms with van der Waals surface area (Å²) in [6.45, 7) is 30.5. The zero-order valence-electron chi connectivity index (χ0n) is 29.7. The van der Waals surface area contributed by atoms with Gasteiger partial charge in [0.25, 0.3) is 0 Å². The van der Waals surface area contributed by atoms with Gasteiger partial charge in [-0.3, -0.25) is 0 Å². The van der Waals surface area contributed by atoms with Crippen LogP contribution in [0.15, 0.2) is 110 Å². The van der Waals surface area contributed by atoms with Gasteiger partial charge in [-0.25, -0.2) is 0 Å². The van der Waals surface area contributed by atoms with Gasteiger partial charge in [-0.05, 0) is 104 Å². The molecule has 4 heteroatoms. The fourth-order valence-corrected chi connectivity index (χ4v) is 6.02. The highest BCUT2D eigenvalue weighted by Gasteiger charge is 2.41. The Hall–Kier alpha value is -3.17. The zero-order chi connectivity index (χ0) is 34.2. The molecule has 1 aliphatic carbocycles. The molecule has 2 aromatic rings. The van der Waals surface area contributed by atoms with Gasteiger partial charge >= 0.3 is 0 Å². The van der Waals surface area contributed by atoms with E-state index in [1.807, 2.05) is 24.3 Å². The average Bonchev–Trinajstić information content (AvgIpc) is 3.83. The van der Waals surface area contributed by atoms with E-state index >= 15 is 0 Å². The highest BCUT2D eigenvalue weighted by Crippen LogP contribution is 2.52. The summed E-state index contributed by atoms with van der Waals surface area (Å²) in [6, 6.07) is 16.8. The lowest BCUT2D eigenvalue weighted by atomic mass is 9.94. The third kappa shape index (κ3) is 14.1. The van der Waals surface area contributed by atoms with E-state index in [9.17, 15) is 0 Å². The smallest absolute Gasteiger partial charge is 0.137 e. The van der Waals surface area contributed by atoms with Crippen molar-refractivity contribution in [1.82, 2.24) is 10.6 Å². The molecule has 0 aliphatic heterocycles. The Bertz CT molecular complexity index is 1280. The van der Waals surface area contributed by atoms with Crippen molar-refractivity contribution in [3.8, 4) is 5.75 Å². The molecule has 2 aromatic carbocycles. The lowest BCUT2D eigenvalue weighted by Crippen LogP contribution is -2.38. The summed E-state index contributed by atoms with van der Waals surface area (Å²) in [4.78, 5) is 0. The van der Waals surface area contributed by atoms with Gasteiger partial charge in [0.15, 0.2) is 0 Å². The molecule has 4 unspecified atom stereocenters. The van der Waals surface area contributed by atoms with Crippen molar-refractivity contribution in [3.63, 3.8) is 0 Å². The lowest BCUT2D eigenvalue weighted by molar-refractivity contribution is 0.415. The number of allylic oxidation sites excluding steroid dienone is 3. The van der Waals surface area contributed by atoms with Crippen LogP contribution in [0.1, 0.15) is 84.3 Å². The predicted octanol–water partition coefficient (Wildman–Crippen LogP) is 11.3. The van der Waals surface area contributed by atoms with Gasteiger partial charge in [0, 0.05) is 17.9 Å². The van der Waals surface area contributed by atoms with Gasteiger partial charge in [-0.2, -0.15) is 0 Å². The number of benzene rings is 2. The van der Waals surface area contributed by atoms with E-state index in [4.69, 9.17) is 16.3 Å². The van der Waals surface area contributed by atoms with E-state index in [-0.39, 0.29) is 6.04 Å². The summed E-state index contributed by atoms with van der Waals surface area (Å²) in [5.41, 5.74) is 5.71. The summed E-state index contributed by atoms with van der Waals surface area (Å²) in [5, 5.41) is 7.63. The number of halogens is 1. The average molecular weight is 645 g/mol. The minimum atomic E-state index is -0.0318. The molecule has 3 rings (SSSR count). The molecule has 0 radical (unpaired) electrons. The summed E-state index contributed by atoms with van der Waals surface area (Å²) in [6.07, 6.45) is 11.8. The van der Waals surface area contributed by atoms with Crippen LogP contribution in [-0.4, -0.2) is 19.7 Å². The molecule has 1 aliphatic rings. The third-order valence-electron chi connectivity index (χ3n) is 9.06. The fraction of sp³-hybridized carbons (Fsp3) is 0.476. The van der Waals surface area contributed by atoms with Crippen LogP contribution in [0.3, 0.4) is 0 Å². The van der Waals surface area contributed by atoms with Crippen LogP contribution in [0.5, 0.6) is 5.75 Å². The minimum absolute atomic E-state index is 0.0318. The summed E-state index contributed by atoms with van der Waals surface area (Å²) >= 11 is 6.38. The molecule has 0 amide bonds. The van der Waals surface area contributed by atoms with E-state index in [0.717, 1.165) is 60.0 Å². The molecule has 1 fully saturated rings. The summed E-state index contributed by atoms with van der Waals surface area (Å²) in [5.74, 6) is 4.80. The molecular weight excluding hydrogens is 584 g/mol. The van der Waals surface area contributed by atoms with Crippen molar-refractivity contribution in [2.45, 2.75) is 85.6 Å². The molecule has 2 N–H and O–H groups in total. The molecule has 6 atom stereocenters. The molecule has 0 heterocycles. The maximum Gasteiger partial charge on any atom is 0.137 e. The molecule has 0 bridgehead atoms. The van der Waals surface area contributed by atoms with Gasteiger partial charge in [-0.1, -0.05) is 120 Å². The van der Waals surface area contributed by atoms with E-state index in [0.29, 0.717) is 22.6 Å². The number of methoxy groups -OCH3 is 1. The SMILES string of the molecule is C=C(C)C(C)CC(C)C.C=C[C@H](C)CNC(=C)[C@@H](Cc1ccc(OC)c(Cl)c1)NC(=C)/C=C/CCC(C)C1CC1c1ccccc1. The first-order valence-electron chi connectivity index (χ1n) is 17.1. The molecule has 0 aromatic heterocycles. The van der Waals surface area contributed by atoms with Gasteiger partial charge in [0.1, 0.15) is 5.75 Å². The summed E-state index contributed by atoms with van der Waals surface area (Å²) < 4.78 is 5.30. The maximum absolute atomic E-state index is 6.38. The maximum atomic E-state index is 6.38. The number of rotatable bonds is 19. The van der Waals surface area contributed by atoms with E-state index in [2.05, 4.69) is 121 Å². The second kappa shape index (κ2) is 20.1. The van der Waals surface area contributed by atoms with Crippen molar-refractivity contribution in [2.24, 2.45) is 29.6 Å². The van der Waals surface area contributed by atoms with Crippen molar-refractivity contribution < 1.29 is 4.74 Å². The van der Waals surface area contributed by atoms with Crippen molar-refractivity contribution >= 4 is 11.6 Å². The normalized spacial score (nSPS) is 18.0. The van der Waals surface area contributed by atoms with Crippen molar-refractivity contribution in [3.05, 3.63) is 126 Å². The van der Waals surface area contributed by atoms with E-state index < -0.39 is 0 Å². The van der Waals surface area contributed by atoms with Crippen molar-refractivity contribution in [1.29, 1.82) is 0 Å². The second-order valence-electron chi connectivity index (χ2n) is 13.8. The van der Waals surface area contributed by atoms with Crippen LogP contribution in [0.2, 0.25) is 5.02 Å². The topological polar surface area (TPSA) is 33.3 Å². The second-order valence-corrected chi connectivity index (χ2v) is 14.2. The molecular formula is C42H61ClN2O. The Kier molecular flexibility index (Phi) is 17.1. The van der Waals surface area contributed by atoms with E-state index in [1.54, 1.807) is 7.11 Å². The van der Waals surface area contributed by atoms with Crippen LogP contribution in [0, 0.1) is 29.6 Å². The number of hydrogen-bond acceptors (Lipinski definition) is 3. The first kappa shape index (κ1) is 39.0. The van der Waals surface area contributed by atoms with Gasteiger partial charge in [0.2, 0.25) is 0 Å². The number of nitrogens with one attached hydrogen (secondary N) is 2. The first-order chi connectivity index (χ1) is 21.9. The van der Waals surface area contributed by atoms with Crippen molar-refractivity contribution in [2.75, 3.05) is 13.7 Å². The van der Waals surface area contributed by atoms with Gasteiger partial charge in [0.05, 0.1) is 18.2 Å². The molecule has 252 valence electrons. The molecule has 0 saturated heterocycles. The van der Waals surface area contributed by atoms with Crippen LogP contribution < -0.4 is 15.4 Å². The summed E-state index contributed by atoms with van der Waals surface area (Å²) in [7, 11) is 1.63. The number of ether oxygens (including phenoxy) is 1. The molecule has 0 spiro atoms. The minimum Gasteiger partial charge on any atom is -0.495 e. The van der Waals surface area contributed by atoms with Crippen LogP contribution in [0.25, 0.3) is 0 Å². The Balaban J connectivity index is 0.000000713. The van der Waals surface area contributed by atoms with Gasteiger partial charge in [-0.15, -0.1) is 6.58 Å². The largest absolute Gasteiger partial charge is 0.495 e. The lowest BCUT2D eigenvalue weighted by Gasteiger charge is -2.25. The zero-order valence-corrected chi connectivity index (χ0v) is 30.5. The van der Waals surface area contributed by atoms with Gasteiger partial charge < -0.3 is 15.4 Å².